The minimum atomic E-state index is -1.32. The van der Waals surface area contributed by atoms with Gasteiger partial charge in [0, 0.05) is 53.8 Å². The van der Waals surface area contributed by atoms with Crippen molar-refractivity contribution < 1.29 is 24.1 Å². The van der Waals surface area contributed by atoms with Crippen molar-refractivity contribution in [3.05, 3.63) is 76.3 Å². The van der Waals surface area contributed by atoms with E-state index in [0.29, 0.717) is 65.4 Å². The molecule has 0 spiro atoms. The minimum absolute atomic E-state index is 0.0651. The molecule has 0 saturated heterocycles. The number of aliphatic hydroxyl groups is 1. The average molecular weight is 549 g/mol. The number of nitrogens with one attached hydrogen (secondary N) is 1. The summed E-state index contributed by atoms with van der Waals surface area (Å²) in [5, 5.41) is 12.8. The first kappa shape index (κ1) is 29.0. The molecule has 0 fully saturated rings. The SMILES string of the molecule is C=CC[C@@]1(C(=O)NCCCOC(C)C)N=C(c2ccc(OCCCO)cc2)O[C@@H]1c1ccc(Cl)cc1Cl. The van der Waals surface area contributed by atoms with E-state index in [2.05, 4.69) is 11.9 Å². The molecule has 1 heterocycles. The van der Waals surface area contributed by atoms with E-state index in [4.69, 9.17) is 47.5 Å². The third-order valence-corrected chi connectivity index (χ3v) is 6.35. The van der Waals surface area contributed by atoms with Crippen LogP contribution in [0.1, 0.15) is 50.3 Å². The Morgan fingerprint density at radius 1 is 1.22 bits per heavy atom. The van der Waals surface area contributed by atoms with Crippen LogP contribution < -0.4 is 10.1 Å². The Kier molecular flexibility index (Phi) is 10.8. The van der Waals surface area contributed by atoms with E-state index < -0.39 is 11.6 Å². The first-order valence-corrected chi connectivity index (χ1v) is 13.1. The molecule has 2 aromatic carbocycles. The summed E-state index contributed by atoms with van der Waals surface area (Å²) in [6.07, 6.45) is 2.43. The summed E-state index contributed by atoms with van der Waals surface area (Å²) in [7, 11) is 0. The largest absolute Gasteiger partial charge is 0.494 e. The molecule has 0 radical (unpaired) electrons. The molecule has 0 aromatic heterocycles. The van der Waals surface area contributed by atoms with Gasteiger partial charge in [0.2, 0.25) is 5.90 Å². The van der Waals surface area contributed by atoms with Crippen LogP contribution in [0.25, 0.3) is 0 Å². The number of hydrogen-bond donors (Lipinski definition) is 2. The number of nitrogens with zero attached hydrogens (tertiary/aromatic N) is 1. The van der Waals surface area contributed by atoms with Crippen LogP contribution >= 0.6 is 23.2 Å². The molecule has 9 heteroatoms. The number of aliphatic imine (C=N–C) groups is 1. The van der Waals surface area contributed by atoms with Gasteiger partial charge in [-0.15, -0.1) is 6.58 Å². The Labute approximate surface area is 228 Å². The number of halogens is 2. The maximum Gasteiger partial charge on any atom is 0.252 e. The summed E-state index contributed by atoms with van der Waals surface area (Å²) in [5.74, 6) is 0.691. The number of hydrogen-bond acceptors (Lipinski definition) is 6. The van der Waals surface area contributed by atoms with Crippen LogP contribution in [0.15, 0.2) is 60.1 Å². The number of amides is 1. The molecular weight excluding hydrogens is 515 g/mol. The number of rotatable bonds is 14. The summed E-state index contributed by atoms with van der Waals surface area (Å²) in [4.78, 5) is 18.5. The van der Waals surface area contributed by atoms with Gasteiger partial charge >= 0.3 is 0 Å². The van der Waals surface area contributed by atoms with E-state index in [1.807, 2.05) is 26.0 Å². The zero-order valence-electron chi connectivity index (χ0n) is 21.2. The van der Waals surface area contributed by atoms with Gasteiger partial charge < -0.3 is 24.6 Å². The van der Waals surface area contributed by atoms with E-state index >= 15 is 0 Å². The molecule has 200 valence electrons. The van der Waals surface area contributed by atoms with Gasteiger partial charge in [0.1, 0.15) is 5.75 Å². The van der Waals surface area contributed by atoms with Crippen molar-refractivity contribution in [3.8, 4) is 5.75 Å². The van der Waals surface area contributed by atoms with Crippen LogP contribution in [0.3, 0.4) is 0 Å². The highest BCUT2D eigenvalue weighted by molar-refractivity contribution is 6.35. The first-order chi connectivity index (χ1) is 17.8. The first-order valence-electron chi connectivity index (χ1n) is 12.4. The van der Waals surface area contributed by atoms with E-state index in [1.165, 1.54) is 0 Å². The second-order valence-corrected chi connectivity index (χ2v) is 9.82. The lowest BCUT2D eigenvalue weighted by molar-refractivity contribution is -0.128. The van der Waals surface area contributed by atoms with Gasteiger partial charge in [-0.2, -0.15) is 0 Å². The standard InChI is InChI=1S/C28H34Cl2N2O5/c1-4-13-28(27(34)31-14-5-16-35-19(2)3)25(23-12-9-21(29)18-24(23)30)37-26(32-28)20-7-10-22(11-8-20)36-17-6-15-33/h4,7-12,18-19,25,33H,1,5-6,13-17H2,2-3H3,(H,31,34)/t25-,28-/m1/s1. The van der Waals surface area contributed by atoms with Gasteiger partial charge in [-0.1, -0.05) is 35.3 Å². The lowest BCUT2D eigenvalue weighted by atomic mass is 9.84. The molecule has 0 bridgehead atoms. The van der Waals surface area contributed by atoms with E-state index in [1.54, 1.807) is 36.4 Å². The molecule has 2 aromatic rings. The molecule has 0 unspecified atom stereocenters. The van der Waals surface area contributed by atoms with Crippen LogP contribution in [-0.2, 0) is 14.3 Å². The topological polar surface area (TPSA) is 89.4 Å². The van der Waals surface area contributed by atoms with Gasteiger partial charge in [0.25, 0.3) is 5.91 Å². The molecule has 37 heavy (non-hydrogen) atoms. The predicted octanol–water partition coefficient (Wildman–Crippen LogP) is 5.52. The highest BCUT2D eigenvalue weighted by atomic mass is 35.5. The molecule has 7 nitrogen and oxygen atoms in total. The van der Waals surface area contributed by atoms with Crippen LogP contribution in [0, 0.1) is 0 Å². The highest BCUT2D eigenvalue weighted by Crippen LogP contribution is 2.45. The smallest absolute Gasteiger partial charge is 0.252 e. The molecule has 3 rings (SSSR count). The van der Waals surface area contributed by atoms with Crippen LogP contribution in [0.5, 0.6) is 5.75 Å². The van der Waals surface area contributed by atoms with Crippen molar-refractivity contribution in [2.45, 2.75) is 50.9 Å². The van der Waals surface area contributed by atoms with Crippen molar-refractivity contribution in [2.24, 2.45) is 4.99 Å². The molecular formula is C28H34Cl2N2O5. The second kappa shape index (κ2) is 13.8. The fourth-order valence-electron chi connectivity index (χ4n) is 3.97. The quantitative estimate of drug-likeness (QED) is 0.239. The Morgan fingerprint density at radius 3 is 2.62 bits per heavy atom. The third kappa shape index (κ3) is 7.48. The lowest BCUT2D eigenvalue weighted by Crippen LogP contribution is -2.48. The Morgan fingerprint density at radius 2 is 1.97 bits per heavy atom. The Balaban J connectivity index is 1.91. The van der Waals surface area contributed by atoms with Gasteiger partial charge in [0.05, 0.1) is 12.7 Å². The van der Waals surface area contributed by atoms with E-state index in [-0.39, 0.29) is 25.0 Å². The van der Waals surface area contributed by atoms with Crippen molar-refractivity contribution >= 4 is 35.0 Å². The van der Waals surface area contributed by atoms with Crippen LogP contribution in [0.4, 0.5) is 0 Å². The van der Waals surface area contributed by atoms with Gasteiger partial charge in [0.15, 0.2) is 11.6 Å². The number of carbonyl (C=O) groups excluding carboxylic acids is 1. The maximum absolute atomic E-state index is 13.7. The summed E-state index contributed by atoms with van der Waals surface area (Å²) in [5.41, 5.74) is -0.0217. The third-order valence-electron chi connectivity index (χ3n) is 5.79. The molecule has 1 aliphatic heterocycles. The Hall–Kier alpha value is -2.58. The number of carbonyl (C=O) groups is 1. The molecule has 0 aliphatic carbocycles. The second-order valence-electron chi connectivity index (χ2n) is 8.98. The molecule has 0 saturated carbocycles. The fourth-order valence-corrected chi connectivity index (χ4v) is 4.48. The normalized spacial score (nSPS) is 18.9. The summed E-state index contributed by atoms with van der Waals surface area (Å²) < 4.78 is 17.6. The molecule has 2 N–H and O–H groups in total. The van der Waals surface area contributed by atoms with Crippen molar-refractivity contribution in [2.75, 3.05) is 26.4 Å². The molecule has 1 amide bonds. The van der Waals surface area contributed by atoms with E-state index in [0.717, 1.165) is 0 Å². The number of benzene rings is 2. The maximum atomic E-state index is 13.7. The average Bonchev–Trinajstić information content (AvgIpc) is 3.24. The van der Waals surface area contributed by atoms with Crippen molar-refractivity contribution in [1.29, 1.82) is 0 Å². The minimum Gasteiger partial charge on any atom is -0.494 e. The van der Waals surface area contributed by atoms with Crippen molar-refractivity contribution in [3.63, 3.8) is 0 Å². The number of aliphatic hydroxyl groups excluding tert-OH is 1. The van der Waals surface area contributed by atoms with Gasteiger partial charge in [-0.25, -0.2) is 4.99 Å². The fraction of sp³-hybridized carbons (Fsp3) is 0.429. The van der Waals surface area contributed by atoms with Gasteiger partial charge in [-0.3, -0.25) is 4.79 Å². The Bertz CT molecular complexity index is 1090. The number of ether oxygens (including phenoxy) is 3. The molecule has 2 atom stereocenters. The predicted molar refractivity (Wildman–Crippen MR) is 147 cm³/mol. The zero-order valence-corrected chi connectivity index (χ0v) is 22.7. The zero-order chi connectivity index (χ0) is 26.8. The van der Waals surface area contributed by atoms with E-state index in [9.17, 15) is 4.79 Å². The summed E-state index contributed by atoms with van der Waals surface area (Å²) in [6.45, 7) is 9.26. The summed E-state index contributed by atoms with van der Waals surface area (Å²) in [6, 6.07) is 12.3. The van der Waals surface area contributed by atoms with Crippen LogP contribution in [0.2, 0.25) is 10.0 Å². The van der Waals surface area contributed by atoms with Gasteiger partial charge in [-0.05, 0) is 56.7 Å². The highest BCUT2D eigenvalue weighted by Gasteiger charge is 2.53. The van der Waals surface area contributed by atoms with Crippen LogP contribution in [-0.4, -0.2) is 54.9 Å². The molecule has 1 aliphatic rings. The summed E-state index contributed by atoms with van der Waals surface area (Å²) >= 11 is 12.7. The lowest BCUT2D eigenvalue weighted by Gasteiger charge is -2.30. The van der Waals surface area contributed by atoms with Crippen molar-refractivity contribution in [1.82, 2.24) is 5.32 Å². The monoisotopic (exact) mass is 548 g/mol.